The van der Waals surface area contributed by atoms with Crippen molar-refractivity contribution < 1.29 is 9.53 Å². The second-order valence-corrected chi connectivity index (χ2v) is 6.59. The molecule has 1 saturated heterocycles. The fourth-order valence-corrected chi connectivity index (χ4v) is 2.82. The zero-order valence-corrected chi connectivity index (χ0v) is 14.2. The highest BCUT2D eigenvalue weighted by atomic mass is 16.5. The number of unbranched alkanes of at least 4 members (excludes halogenated alkanes) is 1. The molecule has 2 rings (SSSR count). The largest absolute Gasteiger partial charge is 0.378 e. The Labute approximate surface area is 138 Å². The van der Waals surface area contributed by atoms with Crippen molar-refractivity contribution in [3.63, 3.8) is 0 Å². The van der Waals surface area contributed by atoms with E-state index in [1.807, 2.05) is 0 Å². The Bertz CT molecular complexity index is 513. The molecule has 0 radical (unpaired) electrons. The number of nitrogen functional groups attached to an aromatic ring is 1. The number of nitrogens with two attached hydrogens (primary N) is 1. The first-order chi connectivity index (χ1) is 11.0. The topological polar surface area (TPSA) is 90.1 Å². The minimum Gasteiger partial charge on any atom is -0.378 e. The van der Waals surface area contributed by atoms with Gasteiger partial charge in [-0.15, -0.1) is 0 Å². The molecule has 128 valence electrons. The van der Waals surface area contributed by atoms with Gasteiger partial charge in [-0.25, -0.2) is 9.97 Å². The molecular formula is C17H28N4O2. The van der Waals surface area contributed by atoms with E-state index in [1.54, 1.807) is 6.07 Å². The average Bonchev–Trinajstić information content (AvgIpc) is 2.98. The fourth-order valence-electron chi connectivity index (χ4n) is 2.82. The van der Waals surface area contributed by atoms with E-state index < -0.39 is 0 Å². The summed E-state index contributed by atoms with van der Waals surface area (Å²) in [5, 5.41) is 2.91. The molecule has 0 spiro atoms. The van der Waals surface area contributed by atoms with Crippen LogP contribution in [0.4, 0.5) is 5.95 Å². The molecule has 1 fully saturated rings. The summed E-state index contributed by atoms with van der Waals surface area (Å²) in [5.74, 6) is 0.436. The number of rotatable bonds is 8. The lowest BCUT2D eigenvalue weighted by Crippen LogP contribution is -2.26. The van der Waals surface area contributed by atoms with E-state index in [0.29, 0.717) is 24.3 Å². The van der Waals surface area contributed by atoms with E-state index in [0.717, 1.165) is 38.0 Å². The lowest BCUT2D eigenvalue weighted by atomic mass is 10.1. The monoisotopic (exact) mass is 320 g/mol. The van der Waals surface area contributed by atoms with Crippen LogP contribution in [0.2, 0.25) is 0 Å². The number of nitrogens with one attached hydrogen (secondary N) is 1. The average molecular weight is 320 g/mol. The molecule has 1 aliphatic rings. The van der Waals surface area contributed by atoms with Gasteiger partial charge in [-0.3, -0.25) is 4.79 Å². The maximum absolute atomic E-state index is 12.2. The zero-order chi connectivity index (χ0) is 16.7. The Morgan fingerprint density at radius 2 is 2.26 bits per heavy atom. The van der Waals surface area contributed by atoms with E-state index in [-0.39, 0.29) is 11.9 Å². The number of ether oxygens (including phenoxy) is 1. The molecule has 1 aliphatic heterocycles. The first-order valence-electron chi connectivity index (χ1n) is 8.58. The van der Waals surface area contributed by atoms with Crippen LogP contribution in [-0.4, -0.2) is 35.1 Å². The number of anilines is 1. The van der Waals surface area contributed by atoms with Gasteiger partial charge in [0, 0.05) is 18.8 Å². The van der Waals surface area contributed by atoms with Crippen molar-refractivity contribution in [1.29, 1.82) is 0 Å². The molecule has 6 heteroatoms. The highest BCUT2D eigenvalue weighted by molar-refractivity contribution is 5.92. The predicted molar refractivity (Wildman–Crippen MR) is 90.1 cm³/mol. The predicted octanol–water partition coefficient (Wildman–Crippen LogP) is 2.34. The Kier molecular flexibility index (Phi) is 6.77. The second-order valence-electron chi connectivity index (χ2n) is 6.59. The molecule has 2 heterocycles. The summed E-state index contributed by atoms with van der Waals surface area (Å²) in [6.45, 7) is 5.75. The molecule has 0 bridgehead atoms. The highest BCUT2D eigenvalue weighted by Gasteiger charge is 2.15. The van der Waals surface area contributed by atoms with Crippen molar-refractivity contribution in [2.45, 2.75) is 58.5 Å². The van der Waals surface area contributed by atoms with Gasteiger partial charge in [0.05, 0.1) is 6.10 Å². The summed E-state index contributed by atoms with van der Waals surface area (Å²) in [7, 11) is 0. The summed E-state index contributed by atoms with van der Waals surface area (Å²) in [6.07, 6.45) is 6.65. The van der Waals surface area contributed by atoms with Crippen molar-refractivity contribution in [2.24, 2.45) is 5.92 Å². The molecule has 0 aromatic carbocycles. The number of nitrogens with zero attached hydrogens (tertiary/aromatic N) is 2. The molecule has 6 nitrogen and oxygen atoms in total. The first kappa shape index (κ1) is 17.7. The van der Waals surface area contributed by atoms with Crippen LogP contribution in [0.3, 0.4) is 0 Å². The summed E-state index contributed by atoms with van der Waals surface area (Å²) in [4.78, 5) is 20.4. The Balaban J connectivity index is 1.75. The molecule has 1 atom stereocenters. The SMILES string of the molecule is CC(C)Cc1cc(C(=O)NCCCC[C@H]2CCCO2)nc(N)n1. The van der Waals surface area contributed by atoms with Gasteiger partial charge >= 0.3 is 0 Å². The smallest absolute Gasteiger partial charge is 0.270 e. The van der Waals surface area contributed by atoms with Crippen molar-refractivity contribution >= 4 is 11.9 Å². The summed E-state index contributed by atoms with van der Waals surface area (Å²) < 4.78 is 5.59. The van der Waals surface area contributed by atoms with Crippen molar-refractivity contribution in [2.75, 3.05) is 18.9 Å². The van der Waals surface area contributed by atoms with Crippen LogP contribution in [-0.2, 0) is 11.2 Å². The van der Waals surface area contributed by atoms with Crippen molar-refractivity contribution in [1.82, 2.24) is 15.3 Å². The lowest BCUT2D eigenvalue weighted by molar-refractivity contribution is 0.0942. The standard InChI is InChI=1S/C17H28N4O2/c1-12(2)10-13-11-15(21-17(18)20-13)16(22)19-8-4-3-6-14-7-5-9-23-14/h11-12,14H,3-10H2,1-2H3,(H,19,22)(H2,18,20,21)/t14-/m0/s1. The van der Waals surface area contributed by atoms with Crippen LogP contribution in [0.5, 0.6) is 0 Å². The van der Waals surface area contributed by atoms with E-state index in [2.05, 4.69) is 29.1 Å². The van der Waals surface area contributed by atoms with E-state index in [1.165, 1.54) is 12.8 Å². The summed E-state index contributed by atoms with van der Waals surface area (Å²) in [5.41, 5.74) is 6.87. The van der Waals surface area contributed by atoms with Crippen LogP contribution in [0.1, 0.15) is 62.1 Å². The molecule has 1 aromatic heterocycles. The molecule has 0 saturated carbocycles. The third-order valence-electron chi connectivity index (χ3n) is 3.91. The van der Waals surface area contributed by atoms with Crippen LogP contribution >= 0.6 is 0 Å². The number of hydrogen-bond acceptors (Lipinski definition) is 5. The lowest BCUT2D eigenvalue weighted by Gasteiger charge is -2.10. The number of aromatic nitrogens is 2. The van der Waals surface area contributed by atoms with Crippen LogP contribution in [0, 0.1) is 5.92 Å². The van der Waals surface area contributed by atoms with Crippen molar-refractivity contribution in [3.05, 3.63) is 17.5 Å². The van der Waals surface area contributed by atoms with Crippen LogP contribution in [0.15, 0.2) is 6.07 Å². The number of amides is 1. The molecule has 0 aliphatic carbocycles. The normalized spacial score (nSPS) is 17.6. The van der Waals surface area contributed by atoms with Gasteiger partial charge in [-0.2, -0.15) is 0 Å². The van der Waals surface area contributed by atoms with Gasteiger partial charge in [-0.1, -0.05) is 13.8 Å². The quantitative estimate of drug-likeness (QED) is 0.718. The van der Waals surface area contributed by atoms with Gasteiger partial charge in [0.25, 0.3) is 5.91 Å². The highest BCUT2D eigenvalue weighted by Crippen LogP contribution is 2.17. The third kappa shape index (κ3) is 6.14. The molecule has 3 N–H and O–H groups in total. The third-order valence-corrected chi connectivity index (χ3v) is 3.91. The van der Waals surface area contributed by atoms with E-state index in [9.17, 15) is 4.79 Å². The number of hydrogen-bond donors (Lipinski definition) is 2. The Hall–Kier alpha value is -1.69. The Morgan fingerprint density at radius 1 is 1.43 bits per heavy atom. The minimum atomic E-state index is -0.179. The van der Waals surface area contributed by atoms with E-state index >= 15 is 0 Å². The maximum atomic E-state index is 12.2. The summed E-state index contributed by atoms with van der Waals surface area (Å²) >= 11 is 0. The fraction of sp³-hybridized carbons (Fsp3) is 0.706. The first-order valence-corrected chi connectivity index (χ1v) is 8.58. The van der Waals surface area contributed by atoms with Gasteiger partial charge in [0.1, 0.15) is 5.69 Å². The molecular weight excluding hydrogens is 292 g/mol. The van der Waals surface area contributed by atoms with Crippen molar-refractivity contribution in [3.8, 4) is 0 Å². The molecule has 0 unspecified atom stereocenters. The van der Waals surface area contributed by atoms with Crippen LogP contribution < -0.4 is 11.1 Å². The second kappa shape index (κ2) is 8.82. The number of carbonyl (C=O) groups is 1. The molecule has 1 amide bonds. The van der Waals surface area contributed by atoms with E-state index in [4.69, 9.17) is 10.5 Å². The van der Waals surface area contributed by atoms with Gasteiger partial charge in [0.2, 0.25) is 5.95 Å². The van der Waals surface area contributed by atoms with Gasteiger partial charge in [-0.05, 0) is 50.5 Å². The zero-order valence-electron chi connectivity index (χ0n) is 14.2. The Morgan fingerprint density at radius 3 is 2.96 bits per heavy atom. The van der Waals surface area contributed by atoms with Gasteiger partial charge < -0.3 is 15.8 Å². The molecule has 23 heavy (non-hydrogen) atoms. The summed E-state index contributed by atoms with van der Waals surface area (Å²) in [6, 6.07) is 1.73. The minimum absolute atomic E-state index is 0.159. The number of carbonyl (C=O) groups excluding carboxylic acids is 1. The van der Waals surface area contributed by atoms with Crippen LogP contribution in [0.25, 0.3) is 0 Å². The maximum Gasteiger partial charge on any atom is 0.270 e. The molecule has 1 aromatic rings. The van der Waals surface area contributed by atoms with Gasteiger partial charge in [0.15, 0.2) is 0 Å².